The van der Waals surface area contributed by atoms with Crippen LogP contribution < -0.4 is 54.7 Å². The summed E-state index contributed by atoms with van der Waals surface area (Å²) in [6.45, 7) is 0.972. The zero-order valence-electron chi connectivity index (χ0n) is 4.16. The van der Waals surface area contributed by atoms with Crippen molar-refractivity contribution in [1.82, 2.24) is 0 Å². The Balaban J connectivity index is -0.00000000450. The molecule has 7 heteroatoms. The number of carbonyl (C=O) groups is 1. The van der Waals surface area contributed by atoms with Gasteiger partial charge in [-0.25, -0.2) is 0 Å². The van der Waals surface area contributed by atoms with Gasteiger partial charge in [0, 0.05) is 22.7 Å². The van der Waals surface area contributed by atoms with Crippen LogP contribution in [0.1, 0.15) is 6.92 Å². The number of hydrogen-bond donors (Lipinski definition) is 0. The quantitative estimate of drug-likeness (QED) is 0.434. The summed E-state index contributed by atoms with van der Waals surface area (Å²) in [6.07, 6.45) is 0. The van der Waals surface area contributed by atoms with Crippen LogP contribution in [0.3, 0.4) is 0 Å². The van der Waals surface area contributed by atoms with E-state index in [1.165, 1.54) is 0 Å². The van der Waals surface area contributed by atoms with Crippen LogP contribution in [0.25, 0.3) is 0 Å². The van der Waals surface area contributed by atoms with E-state index in [-0.39, 0.29) is 66.4 Å². The first-order valence-electron chi connectivity index (χ1n) is 0.908. The van der Waals surface area contributed by atoms with Crippen LogP contribution in [0.15, 0.2) is 0 Å². The summed E-state index contributed by atoms with van der Waals surface area (Å²) in [5, 5.41) is 8.89. The molecule has 0 saturated heterocycles. The molecule has 0 aromatic heterocycles. The van der Waals surface area contributed by atoms with Crippen molar-refractivity contribution in [2.24, 2.45) is 0 Å². The van der Waals surface area contributed by atoms with Crippen LogP contribution in [0, 0.1) is 0 Å². The molecule has 0 fully saturated rings. The summed E-state index contributed by atoms with van der Waals surface area (Å²) in [5.41, 5.74) is 0. The molecular weight excluding hydrogens is 257 g/mol. The number of carbonyl (C=O) groups excluding carboxylic acids is 1. The molecule has 0 aromatic rings. The van der Waals surface area contributed by atoms with Gasteiger partial charge < -0.3 is 59.5 Å². The molecule has 0 bridgehead atoms. The fourth-order valence-corrected chi connectivity index (χ4v) is 0. The first kappa shape index (κ1) is 49.5. The van der Waals surface area contributed by atoms with Gasteiger partial charge in [0.25, 0.3) is 0 Å². The largest absolute Gasteiger partial charge is 1.00 e. The Morgan fingerprint density at radius 3 is 1.11 bits per heavy atom. The monoisotopic (exact) mass is 258 g/mol. The molecule has 0 N–H and O–H groups in total. The fraction of sp³-hybridized carbons (Fsp3) is 0.500. The van der Waals surface area contributed by atoms with Crippen LogP contribution >= 0.6 is 0 Å². The predicted molar refractivity (Wildman–Crippen MR) is 10.7 cm³/mol. The van der Waals surface area contributed by atoms with E-state index in [4.69, 9.17) is 9.90 Å². The van der Waals surface area contributed by atoms with Gasteiger partial charge in [-0.15, -0.1) is 0 Å². The number of carboxylic acids is 1. The smallest absolute Gasteiger partial charge is 0.0383 e. The molecule has 0 aliphatic rings. The van der Waals surface area contributed by atoms with E-state index in [0.717, 1.165) is 6.92 Å². The van der Waals surface area contributed by atoms with Crippen LogP contribution in [-0.4, -0.2) is 5.97 Å². The summed E-state index contributed by atoms with van der Waals surface area (Å²) in [7, 11) is 0. The molecule has 0 aliphatic heterocycles. The van der Waals surface area contributed by atoms with Crippen molar-refractivity contribution in [3.05, 3.63) is 0 Å². The summed E-state index contributed by atoms with van der Waals surface area (Å²) >= 11 is 0. The summed E-state index contributed by atoms with van der Waals surface area (Å²) in [6, 6.07) is 0. The molecule has 0 aromatic carbocycles. The Bertz CT molecular complexity index is 39.5. The first-order chi connectivity index (χ1) is 1.73. The van der Waals surface area contributed by atoms with E-state index in [1.54, 1.807) is 0 Å². The van der Waals surface area contributed by atoms with E-state index in [1.807, 2.05) is 0 Å². The van der Waals surface area contributed by atoms with Gasteiger partial charge in [0.15, 0.2) is 0 Å². The van der Waals surface area contributed by atoms with Crippen molar-refractivity contribution in [1.29, 1.82) is 0 Å². The third-order valence-electron chi connectivity index (χ3n) is 0. The Morgan fingerprint density at radius 1 is 1.11 bits per heavy atom. The fourth-order valence-electron chi connectivity index (χ4n) is 0. The van der Waals surface area contributed by atoms with Crippen molar-refractivity contribution >= 4 is 5.97 Å². The van der Waals surface area contributed by atoms with E-state index in [9.17, 15) is 0 Å². The standard InChI is InChI=1S/C2H4O2.4ClH.Co/c1-2(3)4;;;;;/h1H3,(H,3,4);4*1H;/p-5. The molecule has 0 atom stereocenters. The summed E-state index contributed by atoms with van der Waals surface area (Å²) in [5.74, 6) is -1.08. The normalized spacial score (nSPS) is 2.78. The number of hydrogen-bond acceptors (Lipinski definition) is 2. The van der Waals surface area contributed by atoms with Crippen LogP contribution in [0.5, 0.6) is 0 Å². The van der Waals surface area contributed by atoms with Gasteiger partial charge in [0.2, 0.25) is 0 Å². The average Bonchev–Trinajstić information content (AvgIpc) is 0.811. The Kier molecular flexibility index (Phi) is 194. The van der Waals surface area contributed by atoms with Gasteiger partial charge in [0.05, 0.1) is 0 Å². The molecule has 0 aliphatic carbocycles. The van der Waals surface area contributed by atoms with Crippen LogP contribution in [-0.2, 0) is 21.6 Å². The molecule has 1 radical (unpaired) electrons. The number of halogens is 4. The molecule has 65 valence electrons. The second-order valence-corrected chi connectivity index (χ2v) is 0.492. The van der Waals surface area contributed by atoms with Gasteiger partial charge in [-0.05, 0) is 6.92 Å². The molecule has 0 spiro atoms. The van der Waals surface area contributed by atoms with Crippen molar-refractivity contribution in [2.75, 3.05) is 0 Å². The molecule has 0 heterocycles. The van der Waals surface area contributed by atoms with E-state index in [2.05, 4.69) is 0 Å². The maximum Gasteiger partial charge on any atom is 0.0383 e. The van der Waals surface area contributed by atoms with E-state index >= 15 is 0 Å². The Labute approximate surface area is 89.0 Å². The first-order valence-corrected chi connectivity index (χ1v) is 0.908. The Morgan fingerprint density at radius 2 is 1.11 bits per heavy atom. The minimum Gasteiger partial charge on any atom is -1.00 e. The number of aliphatic carboxylic acids is 1. The number of carboxylic acid groups (broad SMARTS) is 1. The molecule has 9 heavy (non-hydrogen) atoms. The van der Waals surface area contributed by atoms with E-state index < -0.39 is 5.97 Å². The third-order valence-corrected chi connectivity index (χ3v) is 0. The molecule has 0 rings (SSSR count). The second kappa shape index (κ2) is 35.4. The third kappa shape index (κ3) is 360. The maximum atomic E-state index is 8.89. The zero-order valence-corrected chi connectivity index (χ0v) is 8.23. The van der Waals surface area contributed by atoms with Gasteiger partial charge in [-0.3, -0.25) is 0 Å². The minimum atomic E-state index is -1.08. The average molecular weight is 260 g/mol. The summed E-state index contributed by atoms with van der Waals surface area (Å²) < 4.78 is 0. The van der Waals surface area contributed by atoms with Crippen molar-refractivity contribution in [3.8, 4) is 0 Å². The van der Waals surface area contributed by atoms with Crippen molar-refractivity contribution in [3.63, 3.8) is 0 Å². The molecular formula is C2H3Cl4CoO2-5. The van der Waals surface area contributed by atoms with Gasteiger partial charge in [-0.2, -0.15) is 0 Å². The van der Waals surface area contributed by atoms with Gasteiger partial charge in [-0.1, -0.05) is 0 Å². The topological polar surface area (TPSA) is 40.1 Å². The van der Waals surface area contributed by atoms with Gasteiger partial charge in [0.1, 0.15) is 0 Å². The number of rotatable bonds is 0. The second-order valence-electron chi connectivity index (χ2n) is 0.492. The molecule has 0 saturated carbocycles. The molecule has 2 nitrogen and oxygen atoms in total. The van der Waals surface area contributed by atoms with Crippen molar-refractivity contribution in [2.45, 2.75) is 6.92 Å². The van der Waals surface area contributed by atoms with Gasteiger partial charge >= 0.3 is 0 Å². The Hall–Kier alpha value is 1.14. The predicted octanol–water partition coefficient (Wildman–Crippen LogP) is -13.2. The maximum absolute atomic E-state index is 8.89. The minimum absolute atomic E-state index is 0. The molecule has 0 unspecified atom stereocenters. The molecule has 0 amide bonds. The SMILES string of the molecule is CC(=O)[O-].[Cl-].[Cl-].[Cl-].[Cl-].[Co]. The van der Waals surface area contributed by atoms with E-state index in [0.29, 0.717) is 0 Å². The zero-order chi connectivity index (χ0) is 3.58. The van der Waals surface area contributed by atoms with Crippen LogP contribution in [0.2, 0.25) is 0 Å². The van der Waals surface area contributed by atoms with Crippen molar-refractivity contribution < 1.29 is 76.3 Å². The summed E-state index contributed by atoms with van der Waals surface area (Å²) in [4.78, 5) is 8.89. The van der Waals surface area contributed by atoms with Crippen LogP contribution in [0.4, 0.5) is 0 Å².